The molecular weight excluding hydrogens is 534 g/mol. The topological polar surface area (TPSA) is 82.5 Å². The molecule has 1 saturated heterocycles. The number of rotatable bonds is 7. The van der Waals surface area contributed by atoms with Crippen LogP contribution < -0.4 is 5.32 Å². The standard InChI is InChI=1S/C34H44ClN3O3/c1-22-19-26(35)21-36-29(22)32(40)38-18-8-11-28(31(39)37-27-10-7-9-25(20-27)33(2,3)4)30(38)24-14-12-23(13-15-24)16-17-34(5,6)41/h7,9-10,12-14,19-21,24,28,30,41H,8,11,15-18H2,1-6H3,(H,37,39)/t24?,28?,30-/m0/s1. The van der Waals surface area contributed by atoms with Gasteiger partial charge in [0, 0.05) is 24.3 Å². The second kappa shape index (κ2) is 12.5. The van der Waals surface area contributed by atoms with Crippen LogP contribution in [-0.4, -0.2) is 45.0 Å². The third kappa shape index (κ3) is 7.87. The number of carbonyl (C=O) groups excluding carboxylic acids is 2. The van der Waals surface area contributed by atoms with Crippen molar-refractivity contribution in [3.63, 3.8) is 0 Å². The van der Waals surface area contributed by atoms with Crippen molar-refractivity contribution in [3.05, 3.63) is 82.2 Å². The van der Waals surface area contributed by atoms with Crippen molar-refractivity contribution >= 4 is 29.1 Å². The monoisotopic (exact) mass is 577 g/mol. The largest absolute Gasteiger partial charge is 0.390 e. The van der Waals surface area contributed by atoms with Gasteiger partial charge in [-0.3, -0.25) is 9.59 Å². The van der Waals surface area contributed by atoms with Gasteiger partial charge in [-0.2, -0.15) is 0 Å². The van der Waals surface area contributed by atoms with Gasteiger partial charge in [0.2, 0.25) is 5.91 Å². The number of benzene rings is 1. The summed E-state index contributed by atoms with van der Waals surface area (Å²) in [6, 6.07) is 9.46. The number of aromatic nitrogens is 1. The van der Waals surface area contributed by atoms with E-state index >= 15 is 0 Å². The number of carbonyl (C=O) groups is 2. The summed E-state index contributed by atoms with van der Waals surface area (Å²) < 4.78 is 0. The van der Waals surface area contributed by atoms with Gasteiger partial charge in [0.25, 0.3) is 5.91 Å². The van der Waals surface area contributed by atoms with Gasteiger partial charge in [-0.05, 0) is 87.6 Å². The molecule has 0 spiro atoms. The zero-order valence-corrected chi connectivity index (χ0v) is 26.0. The first-order valence-electron chi connectivity index (χ1n) is 14.7. The van der Waals surface area contributed by atoms with Gasteiger partial charge >= 0.3 is 0 Å². The van der Waals surface area contributed by atoms with E-state index in [-0.39, 0.29) is 35.1 Å². The van der Waals surface area contributed by atoms with Crippen molar-refractivity contribution < 1.29 is 14.7 Å². The number of nitrogens with zero attached hydrogens (tertiary/aromatic N) is 2. The van der Waals surface area contributed by atoms with Crippen molar-refractivity contribution in [1.82, 2.24) is 9.88 Å². The summed E-state index contributed by atoms with van der Waals surface area (Å²) in [5.74, 6) is -0.625. The first-order chi connectivity index (χ1) is 19.2. The van der Waals surface area contributed by atoms with Crippen LogP contribution in [0, 0.1) is 18.8 Å². The van der Waals surface area contributed by atoms with E-state index in [1.54, 1.807) is 6.07 Å². The Morgan fingerprint density at radius 2 is 1.93 bits per heavy atom. The summed E-state index contributed by atoms with van der Waals surface area (Å²) in [4.78, 5) is 34.1. The Morgan fingerprint density at radius 3 is 2.56 bits per heavy atom. The Hall–Kier alpha value is -2.96. The number of halogens is 1. The third-order valence-corrected chi connectivity index (χ3v) is 8.41. The van der Waals surface area contributed by atoms with Crippen LogP contribution in [0.25, 0.3) is 0 Å². The lowest BCUT2D eigenvalue weighted by molar-refractivity contribution is -0.123. The Kier molecular flexibility index (Phi) is 9.45. The van der Waals surface area contributed by atoms with E-state index in [2.05, 4.69) is 55.4 Å². The molecule has 2 aromatic rings. The average Bonchev–Trinajstić information content (AvgIpc) is 2.91. The molecule has 0 saturated carbocycles. The fraction of sp³-hybridized carbons (Fsp3) is 0.500. The molecule has 0 bridgehead atoms. The number of anilines is 1. The molecule has 3 atom stereocenters. The van der Waals surface area contributed by atoms with Gasteiger partial charge in [0.05, 0.1) is 22.6 Å². The number of pyridine rings is 1. The Labute approximate surface area is 249 Å². The summed E-state index contributed by atoms with van der Waals surface area (Å²) in [5, 5.41) is 13.8. The second-order valence-electron chi connectivity index (χ2n) is 13.2. The highest BCUT2D eigenvalue weighted by Crippen LogP contribution is 2.37. The summed E-state index contributed by atoms with van der Waals surface area (Å²) >= 11 is 6.13. The lowest BCUT2D eigenvalue weighted by Gasteiger charge is -2.44. The fourth-order valence-electron chi connectivity index (χ4n) is 5.84. The molecule has 1 aliphatic carbocycles. The Balaban J connectivity index is 1.62. The Morgan fingerprint density at radius 1 is 1.17 bits per heavy atom. The molecule has 2 amide bonds. The fourth-order valence-corrected chi connectivity index (χ4v) is 6.05. The van der Waals surface area contributed by atoms with E-state index in [4.69, 9.17) is 11.6 Å². The second-order valence-corrected chi connectivity index (χ2v) is 13.7. The maximum Gasteiger partial charge on any atom is 0.273 e. The third-order valence-electron chi connectivity index (χ3n) is 8.20. The summed E-state index contributed by atoms with van der Waals surface area (Å²) in [6.45, 7) is 12.5. The van der Waals surface area contributed by atoms with E-state index in [1.165, 1.54) is 11.8 Å². The van der Waals surface area contributed by atoms with Crippen molar-refractivity contribution in [2.75, 3.05) is 11.9 Å². The van der Waals surface area contributed by atoms with Crippen LogP contribution in [0.2, 0.25) is 5.02 Å². The number of amides is 2. The summed E-state index contributed by atoms with van der Waals surface area (Å²) in [7, 11) is 0. The van der Waals surface area contributed by atoms with E-state index in [0.717, 1.165) is 36.1 Å². The van der Waals surface area contributed by atoms with Crippen molar-refractivity contribution in [3.8, 4) is 0 Å². The summed E-state index contributed by atoms with van der Waals surface area (Å²) in [5.41, 5.74) is 3.42. The van der Waals surface area contributed by atoms with E-state index in [9.17, 15) is 14.7 Å². The van der Waals surface area contributed by atoms with Crippen LogP contribution in [0.4, 0.5) is 5.69 Å². The first kappa shape index (κ1) is 31.0. The molecule has 2 unspecified atom stereocenters. The number of hydrogen-bond donors (Lipinski definition) is 2. The molecule has 220 valence electrons. The molecule has 4 rings (SSSR count). The van der Waals surface area contributed by atoms with Crippen LogP contribution in [0.3, 0.4) is 0 Å². The van der Waals surface area contributed by atoms with Gasteiger partial charge in [-0.1, -0.05) is 68.3 Å². The van der Waals surface area contributed by atoms with Gasteiger partial charge in [-0.25, -0.2) is 4.98 Å². The van der Waals surface area contributed by atoms with Crippen LogP contribution in [0.5, 0.6) is 0 Å². The van der Waals surface area contributed by atoms with Crippen LogP contribution in [0.15, 0.2) is 60.3 Å². The van der Waals surface area contributed by atoms with Crippen molar-refractivity contribution in [1.29, 1.82) is 0 Å². The first-order valence-corrected chi connectivity index (χ1v) is 15.0. The molecule has 2 heterocycles. The number of aliphatic hydroxyl groups is 1. The van der Waals surface area contributed by atoms with Crippen LogP contribution in [-0.2, 0) is 10.2 Å². The van der Waals surface area contributed by atoms with E-state index in [0.29, 0.717) is 30.1 Å². The zero-order valence-electron chi connectivity index (χ0n) is 25.2. The molecule has 1 aromatic heterocycles. The molecule has 1 fully saturated rings. The molecule has 2 aliphatic rings. The average molecular weight is 578 g/mol. The van der Waals surface area contributed by atoms with E-state index < -0.39 is 5.60 Å². The molecular formula is C34H44ClN3O3. The quantitative estimate of drug-likeness (QED) is 0.363. The maximum absolute atomic E-state index is 14.0. The van der Waals surface area contributed by atoms with Gasteiger partial charge in [0.15, 0.2) is 0 Å². The zero-order chi connectivity index (χ0) is 29.9. The minimum absolute atomic E-state index is 0.0191. The van der Waals surface area contributed by atoms with Gasteiger partial charge in [0.1, 0.15) is 5.69 Å². The normalized spacial score (nSPS) is 21.4. The van der Waals surface area contributed by atoms with Crippen molar-refractivity contribution in [2.24, 2.45) is 11.8 Å². The predicted molar refractivity (Wildman–Crippen MR) is 166 cm³/mol. The number of likely N-dealkylation sites (tertiary alicyclic amines) is 1. The molecule has 1 aliphatic heterocycles. The highest BCUT2D eigenvalue weighted by atomic mass is 35.5. The minimum Gasteiger partial charge on any atom is -0.390 e. The highest BCUT2D eigenvalue weighted by Gasteiger charge is 2.43. The SMILES string of the molecule is Cc1cc(Cl)cnc1C(=O)N1CCCC(C(=O)Nc2cccc(C(C)(C)C)c2)[C@@H]1C1C=CC(CCC(C)(C)O)=CC1. The lowest BCUT2D eigenvalue weighted by Crippen LogP contribution is -2.55. The van der Waals surface area contributed by atoms with Gasteiger partial charge < -0.3 is 15.3 Å². The van der Waals surface area contributed by atoms with Crippen LogP contribution in [0.1, 0.15) is 88.3 Å². The minimum atomic E-state index is -0.727. The number of nitrogens with one attached hydrogen (secondary N) is 1. The molecule has 2 N–H and O–H groups in total. The maximum atomic E-state index is 14.0. The number of piperidine rings is 1. The van der Waals surface area contributed by atoms with Crippen molar-refractivity contribution in [2.45, 2.75) is 90.7 Å². The molecule has 0 radical (unpaired) electrons. The highest BCUT2D eigenvalue weighted by molar-refractivity contribution is 6.30. The predicted octanol–water partition coefficient (Wildman–Crippen LogP) is 7.25. The molecule has 41 heavy (non-hydrogen) atoms. The van der Waals surface area contributed by atoms with E-state index in [1.807, 2.05) is 43.9 Å². The number of hydrogen-bond acceptors (Lipinski definition) is 4. The Bertz CT molecular complexity index is 1340. The molecule has 7 heteroatoms. The van der Waals surface area contributed by atoms with Gasteiger partial charge in [-0.15, -0.1) is 0 Å². The van der Waals surface area contributed by atoms with Crippen LogP contribution >= 0.6 is 11.6 Å². The smallest absolute Gasteiger partial charge is 0.273 e. The molecule has 6 nitrogen and oxygen atoms in total. The number of allylic oxidation sites excluding steroid dienone is 3. The summed E-state index contributed by atoms with van der Waals surface area (Å²) in [6.07, 6.45) is 11.6. The lowest BCUT2D eigenvalue weighted by atomic mass is 9.76. The number of aryl methyl sites for hydroxylation is 1. The molecule has 1 aromatic carbocycles.